The van der Waals surface area contributed by atoms with E-state index in [1.165, 1.54) is 0 Å². The van der Waals surface area contributed by atoms with Gasteiger partial charge in [0.05, 0.1) is 32.5 Å². The third-order valence-corrected chi connectivity index (χ3v) is 3.68. The molecule has 1 amide bonds. The van der Waals surface area contributed by atoms with E-state index in [1.54, 1.807) is 46.1 Å². The predicted molar refractivity (Wildman–Crippen MR) is 107 cm³/mol. The highest BCUT2D eigenvalue weighted by atomic mass is 16.6. The molecule has 0 bridgehead atoms. The van der Waals surface area contributed by atoms with E-state index < -0.39 is 11.7 Å². The fourth-order valence-corrected chi connectivity index (χ4v) is 2.52. The van der Waals surface area contributed by atoms with E-state index >= 15 is 0 Å². The Labute approximate surface area is 170 Å². The number of fused-ring (bicyclic) bond motifs is 1. The summed E-state index contributed by atoms with van der Waals surface area (Å²) in [7, 11) is 0. The van der Waals surface area contributed by atoms with Gasteiger partial charge < -0.3 is 28.7 Å². The van der Waals surface area contributed by atoms with Crippen molar-refractivity contribution in [1.29, 1.82) is 0 Å². The van der Waals surface area contributed by atoms with Crippen molar-refractivity contribution in [2.24, 2.45) is 0 Å². The molecule has 0 unspecified atom stereocenters. The Hall–Kier alpha value is -2.74. The average molecular weight is 407 g/mol. The summed E-state index contributed by atoms with van der Waals surface area (Å²) in [4.78, 5) is 23.2. The molecule has 2 rings (SSSR count). The van der Waals surface area contributed by atoms with Crippen LogP contribution in [-0.4, -0.2) is 50.6 Å². The van der Waals surface area contributed by atoms with Gasteiger partial charge in [-0.05, 0) is 45.9 Å². The number of amides is 1. The number of ether oxygens (including phenoxy) is 4. The topological polar surface area (TPSA) is 96.2 Å². The Kier molecular flexibility index (Phi) is 8.33. The molecule has 0 fully saturated rings. The number of carbonyl (C=O) groups excluding carboxylic acids is 2. The number of alkyl carbamates (subject to hydrolysis) is 1. The summed E-state index contributed by atoms with van der Waals surface area (Å²) < 4.78 is 26.7. The second kappa shape index (κ2) is 10.7. The second-order valence-electron chi connectivity index (χ2n) is 7.29. The molecule has 0 saturated carbocycles. The summed E-state index contributed by atoms with van der Waals surface area (Å²) in [5.74, 6) is 0.356. The highest BCUT2D eigenvalue weighted by Crippen LogP contribution is 2.26. The van der Waals surface area contributed by atoms with Gasteiger partial charge in [0.15, 0.2) is 0 Å². The van der Waals surface area contributed by atoms with Crippen LogP contribution in [0.2, 0.25) is 0 Å². The van der Waals surface area contributed by atoms with Crippen LogP contribution in [0.1, 0.15) is 33.3 Å². The number of benzene rings is 1. The van der Waals surface area contributed by atoms with Crippen LogP contribution in [0.3, 0.4) is 0 Å². The first-order valence-electron chi connectivity index (χ1n) is 9.61. The lowest BCUT2D eigenvalue weighted by Gasteiger charge is -2.19. The zero-order valence-corrected chi connectivity index (χ0v) is 17.4. The molecule has 0 spiro atoms. The Morgan fingerprint density at radius 1 is 1.14 bits per heavy atom. The van der Waals surface area contributed by atoms with Crippen LogP contribution in [0.5, 0.6) is 5.75 Å². The van der Waals surface area contributed by atoms with Crippen molar-refractivity contribution < 1.29 is 33.0 Å². The molecule has 0 aliphatic carbocycles. The Morgan fingerprint density at radius 3 is 2.66 bits per heavy atom. The average Bonchev–Trinajstić information content (AvgIpc) is 3.02. The SMILES string of the molecule is CCOC(=O)Cc1coc2ccc(OCCOCCNC(=O)OC(C)(C)C)cc12. The van der Waals surface area contributed by atoms with E-state index in [9.17, 15) is 9.59 Å². The number of furan rings is 1. The Morgan fingerprint density at radius 2 is 1.93 bits per heavy atom. The largest absolute Gasteiger partial charge is 0.491 e. The second-order valence-corrected chi connectivity index (χ2v) is 7.29. The molecule has 1 aromatic heterocycles. The first-order valence-corrected chi connectivity index (χ1v) is 9.61. The van der Waals surface area contributed by atoms with Gasteiger partial charge in [-0.2, -0.15) is 0 Å². The van der Waals surface area contributed by atoms with E-state index in [2.05, 4.69) is 5.32 Å². The first kappa shape index (κ1) is 22.5. The van der Waals surface area contributed by atoms with Crippen LogP contribution < -0.4 is 10.1 Å². The van der Waals surface area contributed by atoms with Crippen LogP contribution in [0.4, 0.5) is 4.79 Å². The summed E-state index contributed by atoms with van der Waals surface area (Å²) >= 11 is 0. The van der Waals surface area contributed by atoms with E-state index in [0.29, 0.717) is 44.3 Å². The lowest BCUT2D eigenvalue weighted by atomic mass is 10.1. The molecular formula is C21H29NO7. The molecule has 0 aliphatic rings. The van der Waals surface area contributed by atoms with E-state index in [4.69, 9.17) is 23.4 Å². The molecule has 160 valence electrons. The maximum Gasteiger partial charge on any atom is 0.407 e. The molecule has 8 heteroatoms. The molecule has 2 aromatic rings. The molecule has 1 aromatic carbocycles. The maximum atomic E-state index is 11.7. The lowest BCUT2D eigenvalue weighted by molar-refractivity contribution is -0.142. The lowest BCUT2D eigenvalue weighted by Crippen LogP contribution is -2.34. The predicted octanol–water partition coefficient (Wildman–Crippen LogP) is 3.46. The monoisotopic (exact) mass is 407 g/mol. The molecule has 0 radical (unpaired) electrons. The molecule has 1 N–H and O–H groups in total. The highest BCUT2D eigenvalue weighted by Gasteiger charge is 2.15. The van der Waals surface area contributed by atoms with Gasteiger partial charge in [-0.15, -0.1) is 0 Å². The van der Waals surface area contributed by atoms with Crippen molar-refractivity contribution >= 4 is 23.0 Å². The third kappa shape index (κ3) is 8.03. The normalized spacial score (nSPS) is 11.3. The van der Waals surface area contributed by atoms with Gasteiger partial charge in [0.2, 0.25) is 0 Å². The minimum Gasteiger partial charge on any atom is -0.491 e. The van der Waals surface area contributed by atoms with Gasteiger partial charge in [-0.1, -0.05) is 0 Å². The van der Waals surface area contributed by atoms with Crippen molar-refractivity contribution in [2.75, 3.05) is 33.0 Å². The minimum atomic E-state index is -0.523. The summed E-state index contributed by atoms with van der Waals surface area (Å²) in [6.45, 7) is 8.96. The number of rotatable bonds is 10. The fraction of sp³-hybridized carbons (Fsp3) is 0.524. The summed E-state index contributed by atoms with van der Waals surface area (Å²) in [5.41, 5.74) is 0.917. The number of hydrogen-bond acceptors (Lipinski definition) is 7. The van der Waals surface area contributed by atoms with Crippen LogP contribution >= 0.6 is 0 Å². The fourth-order valence-electron chi connectivity index (χ4n) is 2.52. The Balaban J connectivity index is 1.71. The van der Waals surface area contributed by atoms with Crippen LogP contribution in [0.15, 0.2) is 28.9 Å². The maximum absolute atomic E-state index is 11.7. The molecule has 0 aliphatic heterocycles. The van der Waals surface area contributed by atoms with E-state index in [1.807, 2.05) is 6.07 Å². The number of esters is 1. The molecule has 0 atom stereocenters. The molecule has 0 saturated heterocycles. The zero-order chi connectivity index (χ0) is 21.3. The van der Waals surface area contributed by atoms with Gasteiger partial charge in [0.1, 0.15) is 23.5 Å². The van der Waals surface area contributed by atoms with Crippen LogP contribution in [-0.2, 0) is 25.4 Å². The van der Waals surface area contributed by atoms with Crippen LogP contribution in [0, 0.1) is 0 Å². The zero-order valence-electron chi connectivity index (χ0n) is 17.4. The molecule has 8 nitrogen and oxygen atoms in total. The van der Waals surface area contributed by atoms with Crippen molar-refractivity contribution in [3.63, 3.8) is 0 Å². The van der Waals surface area contributed by atoms with Gasteiger partial charge in [0.25, 0.3) is 0 Å². The van der Waals surface area contributed by atoms with Crippen LogP contribution in [0.25, 0.3) is 11.0 Å². The van der Waals surface area contributed by atoms with Gasteiger partial charge in [0, 0.05) is 17.5 Å². The highest BCUT2D eigenvalue weighted by molar-refractivity contribution is 5.86. The molecule has 1 heterocycles. The number of hydrogen-bond donors (Lipinski definition) is 1. The summed E-state index contributed by atoms with van der Waals surface area (Å²) in [6, 6.07) is 5.42. The smallest absolute Gasteiger partial charge is 0.407 e. The summed E-state index contributed by atoms with van der Waals surface area (Å²) in [6.07, 6.45) is 1.24. The van der Waals surface area contributed by atoms with Crippen molar-refractivity contribution in [3.05, 3.63) is 30.0 Å². The standard InChI is InChI=1S/C21H29NO7/c1-5-26-19(23)12-15-14-28-18-7-6-16(13-17(15)18)27-11-10-25-9-8-22-20(24)29-21(2,3)4/h6-7,13-14H,5,8-12H2,1-4H3,(H,22,24). The summed E-state index contributed by atoms with van der Waals surface area (Å²) in [5, 5.41) is 3.44. The van der Waals surface area contributed by atoms with Crippen molar-refractivity contribution in [1.82, 2.24) is 5.32 Å². The number of nitrogens with one attached hydrogen (secondary N) is 1. The van der Waals surface area contributed by atoms with E-state index in [-0.39, 0.29) is 12.4 Å². The molecular weight excluding hydrogens is 378 g/mol. The Bertz CT molecular complexity index is 807. The van der Waals surface area contributed by atoms with Gasteiger partial charge >= 0.3 is 12.1 Å². The van der Waals surface area contributed by atoms with Gasteiger partial charge in [-0.3, -0.25) is 4.79 Å². The van der Waals surface area contributed by atoms with Crippen molar-refractivity contribution in [3.8, 4) is 5.75 Å². The minimum absolute atomic E-state index is 0.151. The quantitative estimate of drug-likeness (QED) is 0.476. The van der Waals surface area contributed by atoms with Crippen molar-refractivity contribution in [2.45, 2.75) is 39.7 Å². The first-order chi connectivity index (χ1) is 13.8. The third-order valence-electron chi connectivity index (χ3n) is 3.68. The number of carbonyl (C=O) groups is 2. The van der Waals surface area contributed by atoms with E-state index in [0.717, 1.165) is 10.9 Å². The molecule has 29 heavy (non-hydrogen) atoms. The van der Waals surface area contributed by atoms with Gasteiger partial charge in [-0.25, -0.2) is 4.79 Å².